The summed E-state index contributed by atoms with van der Waals surface area (Å²) in [4.78, 5) is 15.2. The van der Waals surface area contributed by atoms with Gasteiger partial charge < -0.3 is 0 Å². The van der Waals surface area contributed by atoms with Crippen molar-refractivity contribution in [2.75, 3.05) is 6.26 Å². The topological polar surface area (TPSA) is 53.2 Å². The fraction of sp³-hybridized carbons (Fsp3) is 0.0833. The lowest BCUT2D eigenvalue weighted by molar-refractivity contribution is 0.104. The molecule has 0 unspecified atom stereocenters. The van der Waals surface area contributed by atoms with Gasteiger partial charge in [0.25, 0.3) is 0 Å². The highest BCUT2D eigenvalue weighted by Gasteiger charge is 2.02. The lowest BCUT2D eigenvalue weighted by Crippen LogP contribution is -1.93. The number of rotatable bonds is 3. The normalized spacial score (nSPS) is 11.5. The van der Waals surface area contributed by atoms with Gasteiger partial charge in [0.2, 0.25) is 6.19 Å². The van der Waals surface area contributed by atoms with E-state index in [4.69, 9.17) is 5.26 Å². The van der Waals surface area contributed by atoms with Gasteiger partial charge in [-0.2, -0.15) is 10.3 Å². The minimum atomic E-state index is -0.379. The quantitative estimate of drug-likeness (QED) is 0.280. The van der Waals surface area contributed by atoms with E-state index in [1.165, 1.54) is 53.9 Å². The fourth-order valence-electron chi connectivity index (χ4n) is 1.03. The smallest absolute Gasteiger partial charge is 0.207 e. The maximum Gasteiger partial charge on any atom is 0.207 e. The van der Waals surface area contributed by atoms with Crippen LogP contribution in [0.25, 0.3) is 0 Å². The first kappa shape index (κ1) is 14.5. The monoisotopic (exact) mass is 280 g/mol. The third-order valence-electron chi connectivity index (χ3n) is 1.83. The van der Waals surface area contributed by atoms with Gasteiger partial charge in [0.05, 0.1) is 0 Å². The number of thioether (sulfide) groups is 2. The highest BCUT2D eigenvalue weighted by molar-refractivity contribution is 8.39. The number of hydrogen-bond acceptors (Lipinski definition) is 5. The van der Waals surface area contributed by atoms with Crippen LogP contribution in [-0.2, 0) is 0 Å². The minimum absolute atomic E-state index is 0.222. The lowest BCUT2D eigenvalue weighted by atomic mass is 10.1. The Morgan fingerprint density at radius 3 is 2.67 bits per heavy atom. The Morgan fingerprint density at radius 1 is 1.44 bits per heavy atom. The summed E-state index contributed by atoms with van der Waals surface area (Å²) in [5.74, 6) is -0.601. The molecule has 1 aromatic rings. The summed E-state index contributed by atoms with van der Waals surface area (Å²) in [6, 6.07) is 5.31. The summed E-state index contributed by atoms with van der Waals surface area (Å²) in [5.41, 5.74) is 0.413. The highest BCUT2D eigenvalue weighted by Crippen LogP contribution is 2.16. The van der Waals surface area contributed by atoms with Crippen molar-refractivity contribution in [2.24, 2.45) is 4.99 Å². The van der Waals surface area contributed by atoms with Crippen LogP contribution in [0.3, 0.4) is 0 Å². The molecule has 0 bridgehead atoms. The van der Waals surface area contributed by atoms with Crippen molar-refractivity contribution >= 4 is 33.7 Å². The Labute approximate surface area is 113 Å². The summed E-state index contributed by atoms with van der Waals surface area (Å²) < 4.78 is 13.2. The average molecular weight is 280 g/mol. The Kier molecular flexibility index (Phi) is 6.19. The molecule has 0 atom stereocenters. The predicted octanol–water partition coefficient (Wildman–Crippen LogP) is 3.46. The molecule has 1 rings (SSSR count). The van der Waals surface area contributed by atoms with Crippen LogP contribution in [0.15, 0.2) is 40.7 Å². The zero-order chi connectivity index (χ0) is 13.4. The van der Waals surface area contributed by atoms with Crippen molar-refractivity contribution in [3.05, 3.63) is 47.1 Å². The van der Waals surface area contributed by atoms with Crippen molar-refractivity contribution in [2.45, 2.75) is 0 Å². The van der Waals surface area contributed by atoms with Crippen molar-refractivity contribution in [1.29, 1.82) is 5.26 Å². The molecule has 0 radical (unpaired) electrons. The molecule has 0 aromatic heterocycles. The molecule has 18 heavy (non-hydrogen) atoms. The first-order valence-electron chi connectivity index (χ1n) is 4.81. The zero-order valence-corrected chi connectivity index (χ0v) is 11.1. The fourth-order valence-corrected chi connectivity index (χ4v) is 2.11. The number of carbonyl (C=O) groups excluding carboxylic acids is 1. The lowest BCUT2D eigenvalue weighted by Gasteiger charge is -1.96. The van der Waals surface area contributed by atoms with Gasteiger partial charge in [-0.3, -0.25) is 4.79 Å². The predicted molar refractivity (Wildman–Crippen MR) is 74.0 cm³/mol. The van der Waals surface area contributed by atoms with Crippen LogP contribution in [-0.4, -0.2) is 16.4 Å². The molecule has 0 saturated heterocycles. The number of nitriles is 1. The van der Waals surface area contributed by atoms with Crippen molar-refractivity contribution in [3.8, 4) is 6.19 Å². The first-order valence-corrected chi connectivity index (χ1v) is 6.91. The SMILES string of the molecule is CSC(=NC#N)S/C=C/C(=O)c1ccc(F)cc1. The molecule has 0 fully saturated rings. The Bertz CT molecular complexity index is 518. The van der Waals surface area contributed by atoms with Gasteiger partial charge in [-0.05, 0) is 42.0 Å². The molecule has 0 saturated carbocycles. The number of hydrogen-bond donors (Lipinski definition) is 0. The second kappa shape index (κ2) is 7.69. The Balaban J connectivity index is 2.63. The molecular formula is C12H9FN2OS2. The van der Waals surface area contributed by atoms with Gasteiger partial charge >= 0.3 is 0 Å². The van der Waals surface area contributed by atoms with Crippen LogP contribution in [0.1, 0.15) is 10.4 Å². The van der Waals surface area contributed by atoms with Gasteiger partial charge in [-0.15, -0.1) is 11.8 Å². The number of benzene rings is 1. The van der Waals surface area contributed by atoms with Crippen LogP contribution in [0.2, 0.25) is 0 Å². The molecule has 0 aliphatic carbocycles. The molecule has 92 valence electrons. The van der Waals surface area contributed by atoms with E-state index >= 15 is 0 Å². The third kappa shape index (κ3) is 4.73. The minimum Gasteiger partial charge on any atom is -0.289 e. The largest absolute Gasteiger partial charge is 0.289 e. The third-order valence-corrected chi connectivity index (χ3v) is 3.63. The van der Waals surface area contributed by atoms with Gasteiger partial charge in [-0.1, -0.05) is 11.8 Å². The van der Waals surface area contributed by atoms with E-state index in [2.05, 4.69) is 4.99 Å². The molecule has 6 heteroatoms. The molecule has 0 aliphatic heterocycles. The Morgan fingerprint density at radius 2 is 2.11 bits per heavy atom. The number of ketones is 1. The maximum absolute atomic E-state index is 12.7. The summed E-state index contributed by atoms with van der Waals surface area (Å²) in [6.45, 7) is 0. The summed E-state index contributed by atoms with van der Waals surface area (Å²) in [6.07, 6.45) is 4.83. The summed E-state index contributed by atoms with van der Waals surface area (Å²) in [5, 5.41) is 9.94. The van der Waals surface area contributed by atoms with Crippen LogP contribution in [0.5, 0.6) is 0 Å². The van der Waals surface area contributed by atoms with Crippen molar-refractivity contribution < 1.29 is 9.18 Å². The van der Waals surface area contributed by atoms with E-state index in [0.29, 0.717) is 9.94 Å². The van der Waals surface area contributed by atoms with Crippen molar-refractivity contribution in [3.63, 3.8) is 0 Å². The molecule has 0 N–H and O–H groups in total. The summed E-state index contributed by atoms with van der Waals surface area (Å²) >= 11 is 2.51. The summed E-state index contributed by atoms with van der Waals surface area (Å²) in [7, 11) is 0. The van der Waals surface area contributed by atoms with Gasteiger partial charge in [0.15, 0.2) is 5.78 Å². The van der Waals surface area contributed by atoms with Gasteiger partial charge in [0.1, 0.15) is 10.2 Å². The molecule has 0 heterocycles. The molecule has 1 aromatic carbocycles. The molecular weight excluding hydrogens is 271 g/mol. The second-order valence-corrected chi connectivity index (χ2v) is 4.92. The Hall–Kier alpha value is -1.58. The molecule has 0 aliphatic rings. The molecule has 3 nitrogen and oxygen atoms in total. The van der Waals surface area contributed by atoms with E-state index in [-0.39, 0.29) is 11.6 Å². The number of allylic oxidation sites excluding steroid dienone is 1. The van der Waals surface area contributed by atoms with Gasteiger partial charge in [-0.25, -0.2) is 4.39 Å². The number of nitrogens with zero attached hydrogens (tertiary/aromatic N) is 2. The molecule has 0 spiro atoms. The van der Waals surface area contributed by atoms with Crippen LogP contribution in [0, 0.1) is 17.3 Å². The average Bonchev–Trinajstić information content (AvgIpc) is 2.38. The van der Waals surface area contributed by atoms with Crippen molar-refractivity contribution in [1.82, 2.24) is 0 Å². The van der Waals surface area contributed by atoms with Crippen LogP contribution >= 0.6 is 23.5 Å². The van der Waals surface area contributed by atoms with Crippen LogP contribution < -0.4 is 0 Å². The number of carbonyl (C=O) groups is 1. The van der Waals surface area contributed by atoms with E-state index in [9.17, 15) is 9.18 Å². The van der Waals surface area contributed by atoms with E-state index < -0.39 is 0 Å². The number of halogens is 1. The standard InChI is InChI=1S/C12H9FN2OS2/c1-17-12(15-8-14)18-7-6-11(16)9-2-4-10(13)5-3-9/h2-7H,1H3/b7-6+,15-12?. The molecule has 0 amide bonds. The van der Waals surface area contributed by atoms with E-state index in [1.807, 2.05) is 0 Å². The maximum atomic E-state index is 12.7. The van der Waals surface area contributed by atoms with Crippen LogP contribution in [0.4, 0.5) is 4.39 Å². The van der Waals surface area contributed by atoms with E-state index in [1.54, 1.807) is 17.9 Å². The second-order valence-electron chi connectivity index (χ2n) is 2.97. The van der Waals surface area contributed by atoms with E-state index in [0.717, 1.165) is 0 Å². The number of aliphatic imine (C=N–C) groups is 1. The van der Waals surface area contributed by atoms with Gasteiger partial charge in [0, 0.05) is 5.56 Å². The highest BCUT2D eigenvalue weighted by atomic mass is 32.2. The zero-order valence-electron chi connectivity index (χ0n) is 9.46. The first-order chi connectivity index (χ1) is 8.67.